The molecule has 0 fully saturated rings. The third kappa shape index (κ3) is 2.84. The predicted molar refractivity (Wildman–Crippen MR) is 71.8 cm³/mol. The van der Waals surface area contributed by atoms with Crippen molar-refractivity contribution in [1.29, 1.82) is 0 Å². The summed E-state index contributed by atoms with van der Waals surface area (Å²) in [6.45, 7) is 13.2. The van der Waals surface area contributed by atoms with Gasteiger partial charge in [-0.15, -0.1) is 0 Å². The number of hydrogen-bond donors (Lipinski definition) is 0. The fourth-order valence-corrected chi connectivity index (χ4v) is 2.03. The van der Waals surface area contributed by atoms with E-state index in [1.165, 1.54) is 0 Å². The van der Waals surface area contributed by atoms with E-state index in [0.29, 0.717) is 24.3 Å². The van der Waals surface area contributed by atoms with Crippen LogP contribution in [0.3, 0.4) is 0 Å². The van der Waals surface area contributed by atoms with Crippen molar-refractivity contribution in [1.82, 2.24) is 4.98 Å². The predicted octanol–water partition coefficient (Wildman–Crippen LogP) is 3.19. The summed E-state index contributed by atoms with van der Waals surface area (Å²) in [4.78, 5) is 21.5. The lowest BCUT2D eigenvalue weighted by atomic mass is 10.0. The van der Waals surface area contributed by atoms with Crippen LogP contribution in [0.15, 0.2) is 18.3 Å². The zero-order valence-electron chi connectivity index (χ0n) is 11.4. The van der Waals surface area contributed by atoms with Gasteiger partial charge in [-0.2, -0.15) is 0 Å². The van der Waals surface area contributed by atoms with Gasteiger partial charge in [0.1, 0.15) is 11.3 Å². The van der Waals surface area contributed by atoms with E-state index in [0.717, 1.165) is 0 Å². The Morgan fingerprint density at radius 3 is 2.95 bits per heavy atom. The van der Waals surface area contributed by atoms with Gasteiger partial charge in [0.25, 0.3) is 6.04 Å². The average Bonchev–Trinajstić information content (AvgIpc) is 2.35. The summed E-state index contributed by atoms with van der Waals surface area (Å²) in [6, 6.07) is 3.31. The minimum absolute atomic E-state index is 0.269. The van der Waals surface area contributed by atoms with Gasteiger partial charge in [0.05, 0.1) is 5.69 Å². The molecule has 0 bridgehead atoms. The number of fused-ring (bicyclic) bond motifs is 1. The molecule has 0 aliphatic carbocycles. The van der Waals surface area contributed by atoms with Crippen LogP contribution in [0, 0.1) is 6.57 Å². The van der Waals surface area contributed by atoms with E-state index in [4.69, 9.17) is 11.3 Å². The smallest absolute Gasteiger partial charge is 0.414 e. The van der Waals surface area contributed by atoms with E-state index in [2.05, 4.69) is 9.83 Å². The molecule has 1 aliphatic rings. The largest absolute Gasteiger partial charge is 0.443 e. The van der Waals surface area contributed by atoms with Gasteiger partial charge in [0.15, 0.2) is 0 Å². The number of nitrogens with zero attached hydrogens (tertiary/aromatic N) is 3. The summed E-state index contributed by atoms with van der Waals surface area (Å²) >= 11 is 0. The van der Waals surface area contributed by atoms with Gasteiger partial charge in [-0.3, -0.25) is 9.88 Å². The summed E-state index contributed by atoms with van der Waals surface area (Å²) in [5, 5.41) is 0. The number of amides is 1. The molecular formula is C14H17N3O2. The van der Waals surface area contributed by atoms with Gasteiger partial charge in [-0.25, -0.2) is 11.4 Å². The zero-order valence-corrected chi connectivity index (χ0v) is 11.4. The van der Waals surface area contributed by atoms with E-state index in [-0.39, 0.29) is 12.1 Å². The number of aromatic nitrogens is 1. The molecule has 5 nitrogen and oxygen atoms in total. The minimum Gasteiger partial charge on any atom is -0.443 e. The lowest BCUT2D eigenvalue weighted by Crippen LogP contribution is -2.40. The molecule has 2 rings (SSSR count). The Morgan fingerprint density at radius 1 is 1.58 bits per heavy atom. The molecule has 1 unspecified atom stereocenters. The molecule has 0 N–H and O–H groups in total. The van der Waals surface area contributed by atoms with Crippen LogP contribution in [0.5, 0.6) is 0 Å². The van der Waals surface area contributed by atoms with Crippen LogP contribution in [0.1, 0.15) is 38.9 Å². The van der Waals surface area contributed by atoms with Crippen molar-refractivity contribution in [3.8, 4) is 0 Å². The van der Waals surface area contributed by atoms with Crippen LogP contribution in [0.4, 0.5) is 10.5 Å². The standard InChI is InChI=1S/C14H17N3O2/c1-14(2,3)19-13(18)17-9-7-10(15-4)12-11(17)6-5-8-16-12/h5-6,8,10H,7,9H2,1-3H3. The van der Waals surface area contributed by atoms with Crippen molar-refractivity contribution in [2.45, 2.75) is 38.8 Å². The molecule has 0 radical (unpaired) electrons. The third-order valence-corrected chi connectivity index (χ3v) is 2.82. The number of hydrogen-bond acceptors (Lipinski definition) is 3. The molecule has 0 saturated carbocycles. The normalized spacial score (nSPS) is 18.4. The Balaban J connectivity index is 2.30. The van der Waals surface area contributed by atoms with Gasteiger partial charge in [0, 0.05) is 19.2 Å². The summed E-state index contributed by atoms with van der Waals surface area (Å²) in [5.41, 5.74) is 0.814. The molecular weight excluding hydrogens is 242 g/mol. The van der Waals surface area contributed by atoms with Crippen molar-refractivity contribution in [2.75, 3.05) is 11.4 Å². The maximum atomic E-state index is 12.2. The van der Waals surface area contributed by atoms with Gasteiger partial charge in [-0.05, 0) is 32.9 Å². The highest BCUT2D eigenvalue weighted by Gasteiger charge is 2.34. The van der Waals surface area contributed by atoms with Crippen LogP contribution in [0.2, 0.25) is 0 Å². The van der Waals surface area contributed by atoms with Crippen LogP contribution < -0.4 is 4.90 Å². The molecule has 1 aliphatic heterocycles. The molecule has 2 heterocycles. The van der Waals surface area contributed by atoms with Crippen molar-refractivity contribution in [3.05, 3.63) is 35.4 Å². The highest BCUT2D eigenvalue weighted by Crippen LogP contribution is 2.34. The lowest BCUT2D eigenvalue weighted by molar-refractivity contribution is 0.0577. The van der Waals surface area contributed by atoms with Crippen molar-refractivity contribution in [2.24, 2.45) is 0 Å². The third-order valence-electron chi connectivity index (χ3n) is 2.82. The minimum atomic E-state index is -0.532. The van der Waals surface area contributed by atoms with E-state index < -0.39 is 5.60 Å². The average molecular weight is 259 g/mol. The first-order valence-electron chi connectivity index (χ1n) is 6.24. The van der Waals surface area contributed by atoms with Gasteiger partial charge >= 0.3 is 6.09 Å². The fraction of sp³-hybridized carbons (Fsp3) is 0.500. The first kappa shape index (κ1) is 13.3. The number of ether oxygens (including phenoxy) is 1. The molecule has 19 heavy (non-hydrogen) atoms. The number of pyridine rings is 1. The topological polar surface area (TPSA) is 46.8 Å². The molecule has 5 heteroatoms. The second kappa shape index (κ2) is 4.88. The second-order valence-electron chi connectivity index (χ2n) is 5.47. The van der Waals surface area contributed by atoms with E-state index >= 15 is 0 Å². The van der Waals surface area contributed by atoms with E-state index in [1.807, 2.05) is 26.8 Å². The molecule has 100 valence electrons. The van der Waals surface area contributed by atoms with Gasteiger partial charge in [0.2, 0.25) is 0 Å². The van der Waals surface area contributed by atoms with Gasteiger partial charge in [-0.1, -0.05) is 0 Å². The van der Waals surface area contributed by atoms with Crippen LogP contribution >= 0.6 is 0 Å². The summed E-state index contributed by atoms with van der Waals surface area (Å²) in [5.74, 6) is 0. The maximum absolute atomic E-state index is 12.2. The molecule has 0 spiro atoms. The molecule has 1 atom stereocenters. The summed E-state index contributed by atoms with van der Waals surface area (Å²) in [6.07, 6.45) is 1.85. The van der Waals surface area contributed by atoms with Gasteiger partial charge < -0.3 is 9.58 Å². The quantitative estimate of drug-likeness (QED) is 0.672. The monoisotopic (exact) mass is 259 g/mol. The Hall–Kier alpha value is -2.09. The molecule has 0 saturated heterocycles. The van der Waals surface area contributed by atoms with Crippen molar-refractivity contribution >= 4 is 11.8 Å². The van der Waals surface area contributed by atoms with Crippen LogP contribution in [-0.2, 0) is 4.74 Å². The van der Waals surface area contributed by atoms with Crippen molar-refractivity contribution in [3.63, 3.8) is 0 Å². The molecule has 1 aromatic rings. The number of anilines is 1. The van der Waals surface area contributed by atoms with Crippen LogP contribution in [0.25, 0.3) is 4.85 Å². The lowest BCUT2D eigenvalue weighted by Gasteiger charge is -2.31. The molecule has 0 aromatic carbocycles. The number of carbonyl (C=O) groups excluding carboxylic acids is 1. The first-order chi connectivity index (χ1) is 8.92. The fourth-order valence-electron chi connectivity index (χ4n) is 2.03. The highest BCUT2D eigenvalue weighted by molar-refractivity contribution is 5.89. The Labute approximate surface area is 113 Å². The SMILES string of the molecule is [C-]#[N+]C1CCN(C(=O)OC(C)(C)C)c2cccnc21. The Bertz CT molecular complexity index is 528. The second-order valence-corrected chi connectivity index (χ2v) is 5.47. The number of rotatable bonds is 0. The van der Waals surface area contributed by atoms with E-state index in [9.17, 15) is 4.79 Å². The van der Waals surface area contributed by atoms with Crippen LogP contribution in [-0.4, -0.2) is 23.2 Å². The Morgan fingerprint density at radius 2 is 2.32 bits per heavy atom. The summed E-state index contributed by atoms with van der Waals surface area (Å²) in [7, 11) is 0. The van der Waals surface area contributed by atoms with Crippen molar-refractivity contribution < 1.29 is 9.53 Å². The number of carbonyl (C=O) groups is 1. The zero-order chi connectivity index (χ0) is 14.0. The maximum Gasteiger partial charge on any atom is 0.414 e. The van der Waals surface area contributed by atoms with E-state index in [1.54, 1.807) is 17.2 Å². The Kier molecular flexibility index (Phi) is 3.43. The molecule has 1 aromatic heterocycles. The summed E-state index contributed by atoms with van der Waals surface area (Å²) < 4.78 is 5.38. The highest BCUT2D eigenvalue weighted by atomic mass is 16.6. The molecule has 1 amide bonds. The first-order valence-corrected chi connectivity index (χ1v) is 6.24.